The molecule has 2 rings (SSSR count). The fourth-order valence-corrected chi connectivity index (χ4v) is 4.70. The molecule has 2 aromatic rings. The summed E-state index contributed by atoms with van der Waals surface area (Å²) in [5.74, 6) is -0.0466. The lowest BCUT2D eigenvalue weighted by atomic mass is 10.1. The fraction of sp³-hybridized carbons (Fsp3) is 0.481. The van der Waals surface area contributed by atoms with Crippen LogP contribution in [-0.2, 0) is 26.2 Å². The molecule has 0 bridgehead atoms. The van der Waals surface area contributed by atoms with Gasteiger partial charge in [-0.25, -0.2) is 8.42 Å². The third-order valence-corrected chi connectivity index (χ3v) is 6.83. The van der Waals surface area contributed by atoms with Crippen molar-refractivity contribution in [2.45, 2.75) is 59.2 Å². The highest BCUT2D eigenvalue weighted by Crippen LogP contribution is 2.32. The number of amides is 2. The van der Waals surface area contributed by atoms with Crippen LogP contribution in [0.2, 0.25) is 0 Å². The number of sulfonamides is 1. The monoisotopic (exact) mass is 533 g/mol. The van der Waals surface area contributed by atoms with Gasteiger partial charge in [-0.2, -0.15) is 0 Å². The van der Waals surface area contributed by atoms with Gasteiger partial charge in [-0.1, -0.05) is 36.8 Å². The Morgan fingerprint density at radius 2 is 1.59 bits per heavy atom. The van der Waals surface area contributed by atoms with E-state index in [2.05, 4.69) is 5.32 Å². The molecule has 0 spiro atoms. The molecule has 0 aliphatic rings. The molecule has 0 aromatic heterocycles. The minimum Gasteiger partial charge on any atom is -0.493 e. The van der Waals surface area contributed by atoms with Crippen molar-refractivity contribution in [3.8, 4) is 11.5 Å². The van der Waals surface area contributed by atoms with Crippen molar-refractivity contribution >= 4 is 27.5 Å². The summed E-state index contributed by atoms with van der Waals surface area (Å²) >= 11 is 0. The number of aryl methyl sites for hydroxylation is 1. The summed E-state index contributed by atoms with van der Waals surface area (Å²) < 4.78 is 37.2. The van der Waals surface area contributed by atoms with Gasteiger partial charge in [0, 0.05) is 18.2 Å². The number of methoxy groups -OCH3 is 2. The van der Waals surface area contributed by atoms with Crippen LogP contribution in [-0.4, -0.2) is 63.7 Å². The van der Waals surface area contributed by atoms with E-state index in [9.17, 15) is 18.0 Å². The van der Waals surface area contributed by atoms with Crippen molar-refractivity contribution in [1.82, 2.24) is 10.2 Å². The van der Waals surface area contributed by atoms with Crippen molar-refractivity contribution in [1.29, 1.82) is 0 Å². The van der Waals surface area contributed by atoms with E-state index >= 15 is 0 Å². The van der Waals surface area contributed by atoms with Crippen LogP contribution in [0.15, 0.2) is 42.5 Å². The highest BCUT2D eigenvalue weighted by atomic mass is 32.2. The zero-order valence-electron chi connectivity index (χ0n) is 23.0. The van der Waals surface area contributed by atoms with Crippen molar-refractivity contribution in [2.75, 3.05) is 31.3 Å². The van der Waals surface area contributed by atoms with Crippen LogP contribution in [0.5, 0.6) is 11.5 Å². The van der Waals surface area contributed by atoms with Gasteiger partial charge in [-0.15, -0.1) is 0 Å². The highest BCUT2D eigenvalue weighted by Gasteiger charge is 2.33. The van der Waals surface area contributed by atoms with Gasteiger partial charge < -0.3 is 19.7 Å². The van der Waals surface area contributed by atoms with Crippen molar-refractivity contribution in [3.63, 3.8) is 0 Å². The molecule has 0 saturated heterocycles. The minimum atomic E-state index is -3.86. The van der Waals surface area contributed by atoms with Gasteiger partial charge in [0.15, 0.2) is 11.5 Å². The summed E-state index contributed by atoms with van der Waals surface area (Å²) in [7, 11) is -0.939. The number of hydrogen-bond acceptors (Lipinski definition) is 6. The fourth-order valence-electron chi connectivity index (χ4n) is 3.86. The lowest BCUT2D eigenvalue weighted by molar-refractivity contribution is -0.141. The van der Waals surface area contributed by atoms with Crippen LogP contribution >= 0.6 is 0 Å². The van der Waals surface area contributed by atoms with Crippen LogP contribution in [0.1, 0.15) is 45.2 Å². The largest absolute Gasteiger partial charge is 0.493 e. The number of carbonyl (C=O) groups excluding carboxylic acids is 2. The average Bonchev–Trinajstić information content (AvgIpc) is 2.81. The third-order valence-electron chi connectivity index (χ3n) is 5.69. The molecular formula is C27H39N3O6S. The predicted molar refractivity (Wildman–Crippen MR) is 145 cm³/mol. The molecule has 0 heterocycles. The van der Waals surface area contributed by atoms with E-state index in [1.165, 1.54) is 25.2 Å². The quantitative estimate of drug-likeness (QED) is 0.474. The van der Waals surface area contributed by atoms with Crippen molar-refractivity contribution in [2.24, 2.45) is 0 Å². The highest BCUT2D eigenvalue weighted by molar-refractivity contribution is 7.92. The van der Waals surface area contributed by atoms with Crippen molar-refractivity contribution < 1.29 is 27.5 Å². The van der Waals surface area contributed by atoms with Crippen LogP contribution in [0.3, 0.4) is 0 Å². The second-order valence-electron chi connectivity index (χ2n) is 9.98. The standard InChI is InChI=1S/C27H39N3O6S/c1-9-22(26(32)28-27(3,4)5)29(17-20-12-10-19(2)11-13-20)25(31)18-30(37(8,33)34)21-14-15-23(35-6)24(16-21)36-7/h10-16,22H,9,17-18H2,1-8H3,(H,28,32)/t22-/m0/s1. The van der Waals surface area contributed by atoms with Crippen LogP contribution in [0, 0.1) is 6.92 Å². The Kier molecular flexibility index (Phi) is 9.97. The average molecular weight is 534 g/mol. The summed E-state index contributed by atoms with van der Waals surface area (Å²) in [6, 6.07) is 11.5. The number of carbonyl (C=O) groups is 2. The molecule has 0 radical (unpaired) electrons. The third kappa shape index (κ3) is 8.38. The van der Waals surface area contributed by atoms with E-state index in [1.807, 2.05) is 58.9 Å². The number of nitrogens with zero attached hydrogens (tertiary/aromatic N) is 2. The van der Waals surface area contributed by atoms with Gasteiger partial charge in [0.25, 0.3) is 0 Å². The number of benzene rings is 2. The lowest BCUT2D eigenvalue weighted by Gasteiger charge is -2.34. The number of hydrogen-bond donors (Lipinski definition) is 1. The number of rotatable bonds is 11. The molecule has 9 nitrogen and oxygen atoms in total. The molecule has 1 atom stereocenters. The molecule has 0 fully saturated rings. The van der Waals surface area contributed by atoms with E-state index in [0.717, 1.165) is 21.7 Å². The Morgan fingerprint density at radius 1 is 1.00 bits per heavy atom. The zero-order chi connectivity index (χ0) is 28.0. The number of nitrogens with one attached hydrogen (secondary N) is 1. The van der Waals surface area contributed by atoms with E-state index in [0.29, 0.717) is 17.9 Å². The molecule has 10 heteroatoms. The lowest BCUT2D eigenvalue weighted by Crippen LogP contribution is -2.55. The molecule has 1 N–H and O–H groups in total. The Morgan fingerprint density at radius 3 is 2.08 bits per heavy atom. The molecule has 0 aliphatic heterocycles. The van der Waals surface area contributed by atoms with Gasteiger partial charge in [0.05, 0.1) is 26.2 Å². The molecule has 37 heavy (non-hydrogen) atoms. The van der Waals surface area contributed by atoms with E-state index in [4.69, 9.17) is 9.47 Å². The van der Waals surface area contributed by atoms with Gasteiger partial charge in [0.2, 0.25) is 21.8 Å². The summed E-state index contributed by atoms with van der Waals surface area (Å²) in [6.45, 7) is 9.05. The van der Waals surface area contributed by atoms with E-state index in [-0.39, 0.29) is 18.1 Å². The second kappa shape index (κ2) is 12.3. The van der Waals surface area contributed by atoms with Gasteiger partial charge in [-0.05, 0) is 51.8 Å². The SMILES string of the molecule is CC[C@@H](C(=O)NC(C)(C)C)N(Cc1ccc(C)cc1)C(=O)CN(c1ccc(OC)c(OC)c1)S(C)(=O)=O. The Labute approximate surface area is 220 Å². The van der Waals surface area contributed by atoms with Gasteiger partial charge >= 0.3 is 0 Å². The zero-order valence-corrected chi connectivity index (χ0v) is 23.8. The molecule has 0 unspecified atom stereocenters. The molecule has 2 amide bonds. The van der Waals surface area contributed by atoms with Gasteiger partial charge in [0.1, 0.15) is 12.6 Å². The smallest absolute Gasteiger partial charge is 0.244 e. The molecule has 204 valence electrons. The Hall–Kier alpha value is -3.27. The maximum atomic E-state index is 13.8. The Balaban J connectivity index is 2.50. The molecule has 0 aliphatic carbocycles. The summed E-state index contributed by atoms with van der Waals surface area (Å²) in [4.78, 5) is 28.4. The first-order chi connectivity index (χ1) is 17.2. The second-order valence-corrected chi connectivity index (χ2v) is 11.9. The van der Waals surface area contributed by atoms with Gasteiger partial charge in [-0.3, -0.25) is 13.9 Å². The van der Waals surface area contributed by atoms with Crippen molar-refractivity contribution in [3.05, 3.63) is 53.6 Å². The molecule has 0 saturated carbocycles. The number of anilines is 1. The normalized spacial score (nSPS) is 12.4. The van der Waals surface area contributed by atoms with Crippen LogP contribution < -0.4 is 19.1 Å². The first-order valence-corrected chi connectivity index (χ1v) is 13.9. The predicted octanol–water partition coefficient (Wildman–Crippen LogP) is 3.50. The minimum absolute atomic E-state index is 0.152. The maximum Gasteiger partial charge on any atom is 0.244 e. The first-order valence-electron chi connectivity index (χ1n) is 12.1. The maximum absolute atomic E-state index is 13.8. The summed E-state index contributed by atoms with van der Waals surface area (Å²) in [5, 5.41) is 2.95. The van der Waals surface area contributed by atoms with Crippen LogP contribution in [0.4, 0.5) is 5.69 Å². The van der Waals surface area contributed by atoms with E-state index in [1.54, 1.807) is 12.1 Å². The first kappa shape index (κ1) is 30.0. The van der Waals surface area contributed by atoms with Crippen LogP contribution in [0.25, 0.3) is 0 Å². The molecular weight excluding hydrogens is 494 g/mol. The molecule has 2 aromatic carbocycles. The Bertz CT molecular complexity index is 1190. The summed E-state index contributed by atoms with van der Waals surface area (Å²) in [5.41, 5.74) is 1.64. The number of ether oxygens (including phenoxy) is 2. The topological polar surface area (TPSA) is 105 Å². The summed E-state index contributed by atoms with van der Waals surface area (Å²) in [6.07, 6.45) is 1.39. The van der Waals surface area contributed by atoms with E-state index < -0.39 is 34.1 Å².